The lowest BCUT2D eigenvalue weighted by Crippen LogP contribution is -2.25. The van der Waals surface area contributed by atoms with E-state index in [0.717, 1.165) is 21.6 Å². The number of halogens is 4. The van der Waals surface area contributed by atoms with E-state index in [2.05, 4.69) is 27.9 Å². The van der Waals surface area contributed by atoms with Gasteiger partial charge in [0.2, 0.25) is 0 Å². The van der Waals surface area contributed by atoms with Crippen molar-refractivity contribution >= 4 is 34.2 Å². The van der Waals surface area contributed by atoms with Crippen molar-refractivity contribution in [2.24, 2.45) is 0 Å². The lowest BCUT2D eigenvalue weighted by molar-refractivity contribution is 0.480. The van der Waals surface area contributed by atoms with Gasteiger partial charge in [-0.05, 0) is 65.4 Å². The molecule has 2 aromatic carbocycles. The van der Waals surface area contributed by atoms with Crippen LogP contribution in [-0.4, -0.2) is 6.54 Å². The molecule has 1 atom stereocenters. The first-order valence-corrected chi connectivity index (χ1v) is 8.12. The van der Waals surface area contributed by atoms with E-state index in [1.165, 1.54) is 6.07 Å². The number of rotatable bonds is 5. The Labute approximate surface area is 141 Å². The van der Waals surface area contributed by atoms with Crippen LogP contribution in [0.3, 0.4) is 0 Å². The lowest BCUT2D eigenvalue weighted by atomic mass is 9.98. The zero-order valence-electron chi connectivity index (χ0n) is 11.5. The van der Waals surface area contributed by atoms with Crippen LogP contribution in [-0.2, 0) is 0 Å². The molecule has 1 N–H and O–H groups in total. The van der Waals surface area contributed by atoms with E-state index in [1.54, 1.807) is 18.2 Å². The highest BCUT2D eigenvalue weighted by atomic mass is 127. The Bertz CT molecular complexity index is 632. The molecule has 21 heavy (non-hydrogen) atoms. The van der Waals surface area contributed by atoms with Crippen molar-refractivity contribution in [3.63, 3.8) is 0 Å². The van der Waals surface area contributed by atoms with Gasteiger partial charge >= 0.3 is 0 Å². The fourth-order valence-corrected chi connectivity index (χ4v) is 2.98. The van der Waals surface area contributed by atoms with Crippen molar-refractivity contribution in [2.75, 3.05) is 6.54 Å². The summed E-state index contributed by atoms with van der Waals surface area (Å²) < 4.78 is 28.6. The molecular formula is C16H15ClF2IN. The Morgan fingerprint density at radius 1 is 1.19 bits per heavy atom. The van der Waals surface area contributed by atoms with Crippen LogP contribution < -0.4 is 5.32 Å². The largest absolute Gasteiger partial charge is 0.306 e. The Morgan fingerprint density at radius 2 is 1.95 bits per heavy atom. The molecule has 0 aliphatic rings. The normalized spacial score (nSPS) is 12.4. The topological polar surface area (TPSA) is 12.0 Å². The molecule has 0 saturated heterocycles. The number of benzene rings is 2. The minimum absolute atomic E-state index is 0.295. The van der Waals surface area contributed by atoms with Gasteiger partial charge in [-0.25, -0.2) is 8.78 Å². The van der Waals surface area contributed by atoms with Crippen LogP contribution in [0.2, 0.25) is 5.02 Å². The molecule has 0 fully saturated rings. The van der Waals surface area contributed by atoms with Gasteiger partial charge in [-0.15, -0.1) is 0 Å². The summed E-state index contributed by atoms with van der Waals surface area (Å²) in [5, 5.41) is 3.84. The third kappa shape index (κ3) is 3.93. The summed E-state index contributed by atoms with van der Waals surface area (Å²) in [5.74, 6) is -1.66. The Balaban J connectivity index is 2.52. The predicted molar refractivity (Wildman–Crippen MR) is 90.7 cm³/mol. The molecule has 0 spiro atoms. The first kappa shape index (κ1) is 16.6. The van der Waals surface area contributed by atoms with Gasteiger partial charge in [-0.3, -0.25) is 0 Å². The summed E-state index contributed by atoms with van der Waals surface area (Å²) in [4.78, 5) is 0. The predicted octanol–water partition coefficient (Wildman–Crippen LogP) is 5.31. The second-order valence-corrected chi connectivity index (χ2v) is 6.29. The molecular weight excluding hydrogens is 407 g/mol. The summed E-state index contributed by atoms with van der Waals surface area (Å²) in [6, 6.07) is 9.27. The van der Waals surface area contributed by atoms with E-state index < -0.39 is 17.7 Å². The molecule has 0 aliphatic carbocycles. The summed E-state index contributed by atoms with van der Waals surface area (Å²) in [6.45, 7) is 2.72. The quantitative estimate of drug-likeness (QED) is 0.645. The van der Waals surface area contributed by atoms with Crippen molar-refractivity contribution in [3.05, 3.63) is 67.8 Å². The molecule has 0 amide bonds. The Kier molecular flexibility index (Phi) is 5.96. The lowest BCUT2D eigenvalue weighted by Gasteiger charge is -2.22. The second kappa shape index (κ2) is 7.51. The van der Waals surface area contributed by atoms with Crippen molar-refractivity contribution in [1.29, 1.82) is 0 Å². The van der Waals surface area contributed by atoms with Gasteiger partial charge in [0.1, 0.15) is 0 Å². The molecule has 0 saturated carbocycles. The van der Waals surface area contributed by atoms with Crippen molar-refractivity contribution < 1.29 is 8.78 Å². The number of hydrogen-bond donors (Lipinski definition) is 1. The van der Waals surface area contributed by atoms with Gasteiger partial charge < -0.3 is 5.32 Å². The molecule has 1 unspecified atom stereocenters. The van der Waals surface area contributed by atoms with Gasteiger partial charge in [0, 0.05) is 14.2 Å². The zero-order chi connectivity index (χ0) is 15.4. The molecule has 0 aromatic heterocycles. The van der Waals surface area contributed by atoms with E-state index in [1.807, 2.05) is 13.0 Å². The maximum Gasteiger partial charge on any atom is 0.163 e. The van der Waals surface area contributed by atoms with Crippen LogP contribution >= 0.6 is 34.2 Å². The third-order valence-corrected chi connectivity index (χ3v) is 4.38. The van der Waals surface area contributed by atoms with E-state index >= 15 is 0 Å². The van der Waals surface area contributed by atoms with Crippen LogP contribution in [0, 0.1) is 15.2 Å². The van der Waals surface area contributed by atoms with Gasteiger partial charge in [-0.2, -0.15) is 0 Å². The fraction of sp³-hybridized carbons (Fsp3) is 0.250. The smallest absolute Gasteiger partial charge is 0.163 e. The molecule has 112 valence electrons. The van der Waals surface area contributed by atoms with E-state index in [4.69, 9.17) is 11.6 Å². The first-order valence-electron chi connectivity index (χ1n) is 6.66. The Morgan fingerprint density at radius 3 is 2.67 bits per heavy atom. The van der Waals surface area contributed by atoms with Crippen LogP contribution in [0.25, 0.3) is 0 Å². The highest BCUT2D eigenvalue weighted by Gasteiger charge is 2.21. The van der Waals surface area contributed by atoms with E-state index in [-0.39, 0.29) is 0 Å². The molecule has 0 radical (unpaired) electrons. The Hall–Kier alpha value is -0.720. The summed E-state index contributed by atoms with van der Waals surface area (Å²) in [6.07, 6.45) is 0.893. The average Bonchev–Trinajstić information content (AvgIpc) is 2.47. The molecule has 5 heteroatoms. The maximum atomic E-state index is 14.1. The summed E-state index contributed by atoms with van der Waals surface area (Å²) >= 11 is 8.23. The molecule has 0 aliphatic heterocycles. The van der Waals surface area contributed by atoms with Crippen molar-refractivity contribution in [2.45, 2.75) is 19.4 Å². The molecule has 2 rings (SSSR count). The monoisotopic (exact) mass is 421 g/mol. The van der Waals surface area contributed by atoms with Crippen LogP contribution in [0.5, 0.6) is 0 Å². The first-order chi connectivity index (χ1) is 10.0. The highest BCUT2D eigenvalue weighted by Crippen LogP contribution is 2.30. The standard InChI is InChI=1S/C16H15ClF2IN/c1-2-8-21-16(11-4-3-5-13(18)15(11)19)12-9-10(17)6-7-14(12)20/h3-7,9,16,21H,2,8H2,1H3. The average molecular weight is 422 g/mol. The highest BCUT2D eigenvalue weighted by molar-refractivity contribution is 14.1. The maximum absolute atomic E-state index is 14.1. The van der Waals surface area contributed by atoms with Gasteiger partial charge in [0.15, 0.2) is 11.6 Å². The minimum atomic E-state index is -0.840. The fourth-order valence-electron chi connectivity index (χ4n) is 2.16. The number of nitrogens with one attached hydrogen (secondary N) is 1. The minimum Gasteiger partial charge on any atom is -0.306 e. The van der Waals surface area contributed by atoms with Gasteiger partial charge in [0.25, 0.3) is 0 Å². The SMILES string of the molecule is CCCNC(c1cc(Cl)ccc1I)c1cccc(F)c1F. The van der Waals surface area contributed by atoms with E-state index in [0.29, 0.717) is 17.1 Å². The second-order valence-electron chi connectivity index (χ2n) is 4.70. The van der Waals surface area contributed by atoms with Crippen molar-refractivity contribution in [1.82, 2.24) is 5.32 Å². The summed E-state index contributed by atoms with van der Waals surface area (Å²) in [5.41, 5.74) is 1.14. The van der Waals surface area contributed by atoms with Crippen LogP contribution in [0.1, 0.15) is 30.5 Å². The van der Waals surface area contributed by atoms with Gasteiger partial charge in [0.05, 0.1) is 6.04 Å². The van der Waals surface area contributed by atoms with Gasteiger partial charge in [-0.1, -0.05) is 30.7 Å². The molecule has 0 heterocycles. The van der Waals surface area contributed by atoms with Crippen LogP contribution in [0.4, 0.5) is 8.78 Å². The van der Waals surface area contributed by atoms with Crippen molar-refractivity contribution in [3.8, 4) is 0 Å². The molecule has 2 aromatic rings. The van der Waals surface area contributed by atoms with E-state index in [9.17, 15) is 8.78 Å². The molecule has 0 bridgehead atoms. The number of hydrogen-bond acceptors (Lipinski definition) is 1. The summed E-state index contributed by atoms with van der Waals surface area (Å²) in [7, 11) is 0. The third-order valence-electron chi connectivity index (χ3n) is 3.16. The molecule has 1 nitrogen and oxygen atoms in total. The zero-order valence-corrected chi connectivity index (χ0v) is 14.4. The van der Waals surface area contributed by atoms with Crippen LogP contribution in [0.15, 0.2) is 36.4 Å².